The summed E-state index contributed by atoms with van der Waals surface area (Å²) in [6, 6.07) is 13.4. The lowest BCUT2D eigenvalue weighted by Gasteiger charge is -2.15. The lowest BCUT2D eigenvalue weighted by Crippen LogP contribution is -2.30. The number of carbonyl (C=O) groups is 1. The van der Waals surface area contributed by atoms with Gasteiger partial charge in [0, 0.05) is 19.5 Å². The number of benzene rings is 1. The molecule has 1 atom stereocenters. The summed E-state index contributed by atoms with van der Waals surface area (Å²) < 4.78 is 7.29. The molecule has 1 amide bonds. The Balaban J connectivity index is 1.71. The van der Waals surface area contributed by atoms with Crippen LogP contribution in [0.15, 0.2) is 54.9 Å². The Morgan fingerprint density at radius 3 is 2.74 bits per heavy atom. The van der Waals surface area contributed by atoms with Gasteiger partial charge in [-0.1, -0.05) is 36.4 Å². The zero-order valence-electron chi connectivity index (χ0n) is 13.2. The SMILES string of the molecule is COC(C(=O)NCc1cn2cccc(C)c2n1)c1ccccc1. The second-order valence-electron chi connectivity index (χ2n) is 5.40. The fraction of sp³-hybridized carbons (Fsp3) is 0.222. The molecule has 1 unspecified atom stereocenters. The van der Waals surface area contributed by atoms with Crippen molar-refractivity contribution in [2.45, 2.75) is 19.6 Å². The summed E-state index contributed by atoms with van der Waals surface area (Å²) in [7, 11) is 1.53. The molecule has 0 aliphatic heterocycles. The predicted octanol–water partition coefficient (Wildman–Crippen LogP) is 2.65. The highest BCUT2D eigenvalue weighted by Crippen LogP contribution is 2.16. The zero-order valence-corrected chi connectivity index (χ0v) is 13.2. The summed E-state index contributed by atoms with van der Waals surface area (Å²) in [5, 5.41) is 2.89. The summed E-state index contributed by atoms with van der Waals surface area (Å²) in [4.78, 5) is 16.9. The molecule has 5 heteroatoms. The van der Waals surface area contributed by atoms with Gasteiger partial charge in [0.25, 0.3) is 5.91 Å². The van der Waals surface area contributed by atoms with Gasteiger partial charge in [-0.3, -0.25) is 4.79 Å². The zero-order chi connectivity index (χ0) is 16.2. The summed E-state index contributed by atoms with van der Waals surface area (Å²) in [6.07, 6.45) is 3.25. The van der Waals surface area contributed by atoms with Gasteiger partial charge in [-0.05, 0) is 24.1 Å². The summed E-state index contributed by atoms with van der Waals surface area (Å²) in [5.41, 5.74) is 3.65. The molecule has 3 rings (SSSR count). The quantitative estimate of drug-likeness (QED) is 0.788. The minimum atomic E-state index is -0.616. The molecule has 5 nitrogen and oxygen atoms in total. The van der Waals surface area contributed by atoms with Gasteiger partial charge in [-0.15, -0.1) is 0 Å². The molecule has 0 bridgehead atoms. The van der Waals surface area contributed by atoms with Crippen molar-refractivity contribution >= 4 is 11.6 Å². The Morgan fingerprint density at radius 1 is 1.26 bits per heavy atom. The average molecular weight is 309 g/mol. The van der Waals surface area contributed by atoms with Gasteiger partial charge in [0.05, 0.1) is 12.2 Å². The minimum absolute atomic E-state index is 0.174. The Hall–Kier alpha value is -2.66. The first-order chi connectivity index (χ1) is 11.2. The normalized spacial score (nSPS) is 12.3. The van der Waals surface area contributed by atoms with E-state index in [0.717, 1.165) is 22.5 Å². The van der Waals surface area contributed by atoms with E-state index in [9.17, 15) is 4.79 Å². The number of carbonyl (C=O) groups excluding carboxylic acids is 1. The molecule has 118 valence electrons. The number of ether oxygens (including phenoxy) is 1. The smallest absolute Gasteiger partial charge is 0.254 e. The number of pyridine rings is 1. The van der Waals surface area contributed by atoms with Crippen molar-refractivity contribution in [1.29, 1.82) is 0 Å². The first-order valence-electron chi connectivity index (χ1n) is 7.47. The van der Waals surface area contributed by atoms with E-state index in [0.29, 0.717) is 6.54 Å². The number of hydrogen-bond donors (Lipinski definition) is 1. The Labute approximate surface area is 134 Å². The summed E-state index contributed by atoms with van der Waals surface area (Å²) in [5.74, 6) is -0.174. The number of aryl methyl sites for hydroxylation is 1. The van der Waals surface area contributed by atoms with Crippen molar-refractivity contribution in [2.24, 2.45) is 0 Å². The van der Waals surface area contributed by atoms with Crippen LogP contribution in [-0.4, -0.2) is 22.4 Å². The van der Waals surface area contributed by atoms with Crippen molar-refractivity contribution < 1.29 is 9.53 Å². The molecule has 0 aliphatic rings. The molecule has 0 fully saturated rings. The molecular weight excluding hydrogens is 290 g/mol. The van der Waals surface area contributed by atoms with Crippen LogP contribution in [0.5, 0.6) is 0 Å². The number of methoxy groups -OCH3 is 1. The Morgan fingerprint density at radius 2 is 2.04 bits per heavy atom. The maximum atomic E-state index is 12.4. The molecule has 2 aromatic heterocycles. The van der Waals surface area contributed by atoms with E-state index < -0.39 is 6.10 Å². The van der Waals surface area contributed by atoms with E-state index in [1.54, 1.807) is 0 Å². The fourth-order valence-electron chi connectivity index (χ4n) is 2.58. The van der Waals surface area contributed by atoms with Crippen LogP contribution in [0.2, 0.25) is 0 Å². The van der Waals surface area contributed by atoms with Crippen LogP contribution < -0.4 is 5.32 Å². The third-order valence-electron chi connectivity index (χ3n) is 3.75. The largest absolute Gasteiger partial charge is 0.367 e. The first-order valence-corrected chi connectivity index (χ1v) is 7.47. The number of rotatable bonds is 5. The van der Waals surface area contributed by atoms with Crippen LogP contribution in [0, 0.1) is 6.92 Å². The van der Waals surface area contributed by atoms with Crippen LogP contribution >= 0.6 is 0 Å². The lowest BCUT2D eigenvalue weighted by molar-refractivity contribution is -0.131. The van der Waals surface area contributed by atoms with E-state index in [1.807, 2.05) is 66.2 Å². The van der Waals surface area contributed by atoms with Gasteiger partial charge in [-0.25, -0.2) is 4.98 Å². The van der Waals surface area contributed by atoms with Gasteiger partial charge in [0.1, 0.15) is 5.65 Å². The van der Waals surface area contributed by atoms with Crippen molar-refractivity contribution in [3.05, 3.63) is 71.7 Å². The molecule has 0 radical (unpaired) electrons. The molecule has 1 aromatic carbocycles. The van der Waals surface area contributed by atoms with Crippen LogP contribution in [0.1, 0.15) is 22.9 Å². The van der Waals surface area contributed by atoms with E-state index in [1.165, 1.54) is 7.11 Å². The third kappa shape index (κ3) is 3.24. The second kappa shape index (κ2) is 6.62. The highest BCUT2D eigenvalue weighted by atomic mass is 16.5. The minimum Gasteiger partial charge on any atom is -0.367 e. The van der Waals surface area contributed by atoms with Crippen molar-refractivity contribution in [1.82, 2.24) is 14.7 Å². The standard InChI is InChI=1S/C18H19N3O2/c1-13-7-6-10-21-12-15(20-17(13)21)11-19-18(22)16(23-2)14-8-4-3-5-9-14/h3-10,12,16H,11H2,1-2H3,(H,19,22). The molecule has 2 heterocycles. The average Bonchev–Trinajstić information content (AvgIpc) is 2.99. The number of imidazole rings is 1. The van der Waals surface area contributed by atoms with Gasteiger partial charge in [0.15, 0.2) is 6.10 Å². The van der Waals surface area contributed by atoms with Gasteiger partial charge in [0.2, 0.25) is 0 Å². The van der Waals surface area contributed by atoms with Crippen molar-refractivity contribution in [3.8, 4) is 0 Å². The fourth-order valence-corrected chi connectivity index (χ4v) is 2.58. The summed E-state index contributed by atoms with van der Waals surface area (Å²) in [6.45, 7) is 2.38. The van der Waals surface area contributed by atoms with Crippen LogP contribution in [0.3, 0.4) is 0 Å². The lowest BCUT2D eigenvalue weighted by atomic mass is 10.1. The molecular formula is C18H19N3O2. The maximum Gasteiger partial charge on any atom is 0.254 e. The highest BCUT2D eigenvalue weighted by molar-refractivity contribution is 5.82. The predicted molar refractivity (Wildman–Crippen MR) is 88.0 cm³/mol. The number of nitrogens with zero attached hydrogens (tertiary/aromatic N) is 2. The van der Waals surface area contributed by atoms with Gasteiger partial charge in [-0.2, -0.15) is 0 Å². The number of hydrogen-bond acceptors (Lipinski definition) is 3. The summed E-state index contributed by atoms with van der Waals surface area (Å²) >= 11 is 0. The van der Waals surface area contributed by atoms with Gasteiger partial charge < -0.3 is 14.5 Å². The number of aromatic nitrogens is 2. The third-order valence-corrected chi connectivity index (χ3v) is 3.75. The van der Waals surface area contributed by atoms with E-state index in [4.69, 9.17) is 4.74 Å². The maximum absolute atomic E-state index is 12.4. The van der Waals surface area contributed by atoms with Crippen LogP contribution in [0.4, 0.5) is 0 Å². The number of amides is 1. The molecule has 0 aliphatic carbocycles. The topological polar surface area (TPSA) is 55.6 Å². The molecule has 0 spiro atoms. The molecule has 0 saturated carbocycles. The Bertz CT molecular complexity index is 812. The Kier molecular flexibility index (Phi) is 4.39. The number of fused-ring (bicyclic) bond motifs is 1. The van der Waals surface area contributed by atoms with Crippen molar-refractivity contribution in [2.75, 3.05) is 7.11 Å². The van der Waals surface area contributed by atoms with E-state index >= 15 is 0 Å². The monoisotopic (exact) mass is 309 g/mol. The van der Waals surface area contributed by atoms with Crippen LogP contribution in [0.25, 0.3) is 5.65 Å². The molecule has 0 saturated heterocycles. The van der Waals surface area contributed by atoms with E-state index in [-0.39, 0.29) is 5.91 Å². The molecule has 1 N–H and O–H groups in total. The van der Waals surface area contributed by atoms with E-state index in [2.05, 4.69) is 10.3 Å². The van der Waals surface area contributed by atoms with Crippen molar-refractivity contribution in [3.63, 3.8) is 0 Å². The number of nitrogens with one attached hydrogen (secondary N) is 1. The van der Waals surface area contributed by atoms with Gasteiger partial charge >= 0.3 is 0 Å². The second-order valence-corrected chi connectivity index (χ2v) is 5.40. The molecule has 3 aromatic rings. The van der Waals surface area contributed by atoms with Crippen LogP contribution in [-0.2, 0) is 16.1 Å². The highest BCUT2D eigenvalue weighted by Gasteiger charge is 2.19. The molecule has 23 heavy (non-hydrogen) atoms. The first kappa shape index (κ1) is 15.2.